The highest BCUT2D eigenvalue weighted by molar-refractivity contribution is 8.18. The molecule has 0 aromatic heterocycles. The van der Waals surface area contributed by atoms with Gasteiger partial charge in [-0.1, -0.05) is 71.9 Å². The Morgan fingerprint density at radius 2 is 1.71 bits per heavy atom. The van der Waals surface area contributed by atoms with Gasteiger partial charge in [0.2, 0.25) is 0 Å². The van der Waals surface area contributed by atoms with E-state index in [0.717, 1.165) is 22.4 Å². The molecule has 4 rings (SSSR count). The Morgan fingerprint density at radius 1 is 1.00 bits per heavy atom. The third kappa shape index (κ3) is 5.77. The van der Waals surface area contributed by atoms with Crippen LogP contribution in [0.25, 0.3) is 6.08 Å². The van der Waals surface area contributed by atoms with Crippen LogP contribution in [-0.4, -0.2) is 22.7 Å². The maximum atomic E-state index is 12.6. The molecular formula is C28H25NO4S. The first kappa shape index (κ1) is 23.4. The van der Waals surface area contributed by atoms with Gasteiger partial charge in [-0.05, 0) is 55.3 Å². The lowest BCUT2D eigenvalue weighted by molar-refractivity contribution is -0.138. The predicted octanol–water partition coefficient (Wildman–Crippen LogP) is 6.77. The number of aliphatic hydroxyl groups excluding tert-OH is 1. The van der Waals surface area contributed by atoms with Crippen molar-refractivity contribution in [2.45, 2.75) is 20.5 Å². The van der Waals surface area contributed by atoms with Gasteiger partial charge < -0.3 is 14.6 Å². The third-order valence-electron chi connectivity index (χ3n) is 5.06. The molecule has 3 aromatic carbocycles. The minimum absolute atomic E-state index is 0.0847. The van der Waals surface area contributed by atoms with E-state index >= 15 is 0 Å². The summed E-state index contributed by atoms with van der Waals surface area (Å²) < 4.78 is 11.0. The SMILES string of the molecule is CCOC(=O)C1=C(O)/C(=C/c2ccc(OCc3ccccc3)cc2)SC1=Nc1ccc(C)cc1. The van der Waals surface area contributed by atoms with Crippen molar-refractivity contribution >= 4 is 34.5 Å². The van der Waals surface area contributed by atoms with E-state index in [1.54, 1.807) is 6.92 Å². The van der Waals surface area contributed by atoms with Gasteiger partial charge in [-0.25, -0.2) is 9.79 Å². The van der Waals surface area contributed by atoms with Gasteiger partial charge >= 0.3 is 5.97 Å². The summed E-state index contributed by atoms with van der Waals surface area (Å²) >= 11 is 1.24. The molecule has 0 fully saturated rings. The van der Waals surface area contributed by atoms with Crippen LogP contribution in [0.5, 0.6) is 5.75 Å². The Labute approximate surface area is 203 Å². The lowest BCUT2D eigenvalue weighted by atomic mass is 10.1. The van der Waals surface area contributed by atoms with Crippen molar-refractivity contribution in [2.24, 2.45) is 4.99 Å². The van der Waals surface area contributed by atoms with Gasteiger partial charge in [0.25, 0.3) is 0 Å². The predicted molar refractivity (Wildman–Crippen MR) is 137 cm³/mol. The average Bonchev–Trinajstić information content (AvgIpc) is 3.15. The quantitative estimate of drug-likeness (QED) is 0.385. The molecule has 0 bridgehead atoms. The molecule has 1 heterocycles. The second-order valence-electron chi connectivity index (χ2n) is 7.65. The number of ether oxygens (including phenoxy) is 2. The molecule has 0 unspecified atom stereocenters. The fraction of sp³-hybridized carbons (Fsp3) is 0.143. The van der Waals surface area contributed by atoms with Crippen molar-refractivity contribution in [2.75, 3.05) is 6.61 Å². The molecule has 3 aromatic rings. The standard InChI is InChI=1S/C28H25NO4S/c1-3-32-28(31)25-26(30)24(34-27(25)29-22-13-9-19(2)10-14-22)17-20-11-15-23(16-12-20)33-18-21-7-5-4-6-8-21/h4-17,30H,3,18H2,1-2H3/b24-17-,29-27?. The molecule has 0 atom stereocenters. The van der Waals surface area contributed by atoms with Crippen LogP contribution in [0.2, 0.25) is 0 Å². The van der Waals surface area contributed by atoms with Crippen molar-refractivity contribution in [3.05, 3.63) is 112 Å². The average molecular weight is 472 g/mol. The smallest absolute Gasteiger partial charge is 0.344 e. The van der Waals surface area contributed by atoms with Gasteiger partial charge in [0.05, 0.1) is 17.2 Å². The Balaban J connectivity index is 1.56. The highest BCUT2D eigenvalue weighted by Crippen LogP contribution is 2.40. The molecule has 6 heteroatoms. The molecule has 0 amide bonds. The van der Waals surface area contributed by atoms with E-state index in [9.17, 15) is 9.90 Å². The molecule has 34 heavy (non-hydrogen) atoms. The summed E-state index contributed by atoms with van der Waals surface area (Å²) in [4.78, 5) is 17.7. The molecule has 0 saturated heterocycles. The highest BCUT2D eigenvalue weighted by atomic mass is 32.2. The van der Waals surface area contributed by atoms with E-state index in [0.29, 0.717) is 22.2 Å². The lowest BCUT2D eigenvalue weighted by Gasteiger charge is -2.06. The van der Waals surface area contributed by atoms with E-state index in [-0.39, 0.29) is 17.9 Å². The van der Waals surface area contributed by atoms with Crippen molar-refractivity contribution in [3.8, 4) is 5.75 Å². The minimum atomic E-state index is -0.591. The summed E-state index contributed by atoms with van der Waals surface area (Å²) in [5.74, 6) is 0.0313. The minimum Gasteiger partial charge on any atom is -0.506 e. The summed E-state index contributed by atoms with van der Waals surface area (Å²) in [5, 5.41) is 11.3. The molecule has 5 nitrogen and oxygen atoms in total. The number of esters is 1. The van der Waals surface area contributed by atoms with Crippen molar-refractivity contribution in [3.63, 3.8) is 0 Å². The van der Waals surface area contributed by atoms with Crippen LogP contribution >= 0.6 is 11.8 Å². The summed E-state index contributed by atoms with van der Waals surface area (Å²) in [6, 6.07) is 25.2. The summed E-state index contributed by atoms with van der Waals surface area (Å²) in [5.41, 5.74) is 3.85. The Bertz CT molecular complexity index is 1240. The van der Waals surface area contributed by atoms with Gasteiger partial charge in [0, 0.05) is 0 Å². The van der Waals surface area contributed by atoms with Gasteiger partial charge in [-0.3, -0.25) is 0 Å². The van der Waals surface area contributed by atoms with Crippen molar-refractivity contribution < 1.29 is 19.4 Å². The third-order valence-corrected chi connectivity index (χ3v) is 6.08. The number of benzene rings is 3. The van der Waals surface area contributed by atoms with Gasteiger partial charge in [0.1, 0.15) is 28.7 Å². The van der Waals surface area contributed by atoms with Crippen molar-refractivity contribution in [1.82, 2.24) is 0 Å². The molecule has 0 saturated carbocycles. The highest BCUT2D eigenvalue weighted by Gasteiger charge is 2.33. The number of aliphatic hydroxyl groups is 1. The number of thioether (sulfide) groups is 1. The second-order valence-corrected chi connectivity index (χ2v) is 8.68. The molecule has 0 spiro atoms. The maximum Gasteiger partial charge on any atom is 0.344 e. The largest absolute Gasteiger partial charge is 0.506 e. The number of aliphatic imine (C=N–C) groups is 1. The summed E-state index contributed by atoms with van der Waals surface area (Å²) in [6.07, 6.45) is 1.82. The second kappa shape index (κ2) is 10.9. The van der Waals surface area contributed by atoms with E-state index in [2.05, 4.69) is 4.99 Å². The zero-order chi connectivity index (χ0) is 23.9. The Kier molecular flexibility index (Phi) is 7.50. The Morgan fingerprint density at radius 3 is 2.38 bits per heavy atom. The van der Waals surface area contributed by atoms with Gasteiger partial charge in [0.15, 0.2) is 0 Å². The number of aryl methyl sites for hydroxylation is 1. The summed E-state index contributed by atoms with van der Waals surface area (Å²) in [7, 11) is 0. The molecule has 0 aliphatic carbocycles. The topological polar surface area (TPSA) is 68.1 Å². The van der Waals surface area contributed by atoms with E-state index < -0.39 is 5.97 Å². The fourth-order valence-electron chi connectivity index (χ4n) is 3.28. The number of hydrogen-bond donors (Lipinski definition) is 1. The molecule has 1 aliphatic rings. The van der Waals surface area contributed by atoms with Crippen LogP contribution in [0.3, 0.4) is 0 Å². The van der Waals surface area contributed by atoms with E-state index in [4.69, 9.17) is 9.47 Å². The first-order valence-electron chi connectivity index (χ1n) is 11.0. The van der Waals surface area contributed by atoms with E-state index in [1.165, 1.54) is 11.8 Å². The van der Waals surface area contributed by atoms with Crippen LogP contribution in [0.15, 0.2) is 100 Å². The van der Waals surface area contributed by atoms with Crippen LogP contribution < -0.4 is 4.74 Å². The number of nitrogens with zero attached hydrogens (tertiary/aromatic N) is 1. The first-order valence-corrected chi connectivity index (χ1v) is 11.8. The summed E-state index contributed by atoms with van der Waals surface area (Å²) in [6.45, 7) is 4.42. The molecule has 1 aliphatic heterocycles. The van der Waals surface area contributed by atoms with Gasteiger partial charge in [-0.15, -0.1) is 0 Å². The first-order chi connectivity index (χ1) is 16.5. The van der Waals surface area contributed by atoms with E-state index in [1.807, 2.05) is 91.9 Å². The van der Waals surface area contributed by atoms with Crippen LogP contribution in [-0.2, 0) is 16.1 Å². The zero-order valence-corrected chi connectivity index (χ0v) is 19.8. The molecular weight excluding hydrogens is 446 g/mol. The zero-order valence-electron chi connectivity index (χ0n) is 19.0. The van der Waals surface area contributed by atoms with Crippen LogP contribution in [0.1, 0.15) is 23.6 Å². The monoisotopic (exact) mass is 471 g/mol. The van der Waals surface area contributed by atoms with Crippen LogP contribution in [0, 0.1) is 6.92 Å². The maximum absolute atomic E-state index is 12.6. The fourth-order valence-corrected chi connectivity index (χ4v) is 4.32. The van der Waals surface area contributed by atoms with Gasteiger partial charge in [-0.2, -0.15) is 0 Å². The van der Waals surface area contributed by atoms with Crippen LogP contribution in [0.4, 0.5) is 5.69 Å². The normalized spacial score (nSPS) is 15.7. The number of carbonyl (C=O) groups excluding carboxylic acids is 1. The Hall–Kier alpha value is -3.77. The number of carbonyl (C=O) groups is 1. The number of rotatable bonds is 7. The lowest BCUT2D eigenvalue weighted by Crippen LogP contribution is -2.12. The molecule has 1 N–H and O–H groups in total. The molecule has 172 valence electrons. The van der Waals surface area contributed by atoms with Crippen molar-refractivity contribution in [1.29, 1.82) is 0 Å². The number of hydrogen-bond acceptors (Lipinski definition) is 6. The molecule has 0 radical (unpaired) electrons.